The van der Waals surface area contributed by atoms with Crippen LogP contribution in [0.4, 0.5) is 19.0 Å². The van der Waals surface area contributed by atoms with Crippen LogP contribution < -0.4 is 10.2 Å². The van der Waals surface area contributed by atoms with Gasteiger partial charge in [0.15, 0.2) is 11.5 Å². The summed E-state index contributed by atoms with van der Waals surface area (Å²) in [5.74, 6) is 0.839. The van der Waals surface area contributed by atoms with E-state index >= 15 is 0 Å². The maximum atomic E-state index is 13.3. The van der Waals surface area contributed by atoms with Gasteiger partial charge in [-0.25, -0.2) is 0 Å². The monoisotopic (exact) mass is 473 g/mol. The van der Waals surface area contributed by atoms with Crippen molar-refractivity contribution >= 4 is 17.6 Å². The Labute approximate surface area is 193 Å². The number of benzene rings is 1. The Bertz CT molecular complexity index is 1170. The number of anilines is 1. The van der Waals surface area contributed by atoms with E-state index < -0.39 is 23.6 Å². The Morgan fingerprint density at radius 1 is 1.00 bits per heavy atom. The average Bonchev–Trinajstić information content (AvgIpc) is 3.27. The third-order valence-corrected chi connectivity index (χ3v) is 5.46. The lowest BCUT2D eigenvalue weighted by Crippen LogP contribution is -2.49. The highest BCUT2D eigenvalue weighted by molar-refractivity contribution is 5.96. The molecule has 0 bridgehead atoms. The van der Waals surface area contributed by atoms with Crippen molar-refractivity contribution in [2.45, 2.75) is 19.6 Å². The topological polar surface area (TPSA) is 91.6 Å². The Morgan fingerprint density at radius 2 is 1.74 bits per heavy atom. The molecule has 8 nitrogen and oxygen atoms in total. The zero-order valence-electron chi connectivity index (χ0n) is 18.3. The predicted molar refractivity (Wildman–Crippen MR) is 116 cm³/mol. The van der Waals surface area contributed by atoms with E-state index in [1.54, 1.807) is 24.3 Å². The number of nitrogens with zero attached hydrogens (tertiary/aromatic N) is 4. The number of rotatable bonds is 5. The first-order chi connectivity index (χ1) is 16.2. The van der Waals surface area contributed by atoms with Gasteiger partial charge in [-0.3, -0.25) is 9.59 Å². The Morgan fingerprint density at radius 3 is 2.35 bits per heavy atom. The van der Waals surface area contributed by atoms with Gasteiger partial charge in [-0.15, -0.1) is 10.2 Å². The van der Waals surface area contributed by atoms with Crippen LogP contribution in [-0.4, -0.2) is 53.1 Å². The molecule has 1 aliphatic heterocycles. The molecule has 3 heterocycles. The molecule has 1 saturated heterocycles. The van der Waals surface area contributed by atoms with Crippen molar-refractivity contribution in [3.05, 3.63) is 76.9 Å². The van der Waals surface area contributed by atoms with E-state index in [4.69, 9.17) is 4.42 Å². The van der Waals surface area contributed by atoms with Crippen LogP contribution in [-0.2, 0) is 12.7 Å². The lowest BCUT2D eigenvalue weighted by molar-refractivity contribution is -0.138. The predicted octanol–water partition coefficient (Wildman–Crippen LogP) is 3.29. The van der Waals surface area contributed by atoms with E-state index in [1.165, 1.54) is 23.1 Å². The normalized spacial score (nSPS) is 14.2. The summed E-state index contributed by atoms with van der Waals surface area (Å²) >= 11 is 0. The number of amides is 2. The Balaban J connectivity index is 1.34. The van der Waals surface area contributed by atoms with Crippen LogP contribution in [0.1, 0.15) is 37.9 Å². The molecule has 0 unspecified atom stereocenters. The maximum Gasteiger partial charge on any atom is 0.417 e. The highest BCUT2D eigenvalue weighted by atomic mass is 19.4. The molecule has 1 fully saturated rings. The Hall–Kier alpha value is -3.89. The number of hydrogen-bond acceptors (Lipinski definition) is 6. The molecule has 11 heteroatoms. The zero-order chi connectivity index (χ0) is 24.3. The second-order valence-corrected chi connectivity index (χ2v) is 7.79. The summed E-state index contributed by atoms with van der Waals surface area (Å²) in [6, 6.07) is 11.6. The summed E-state index contributed by atoms with van der Waals surface area (Å²) in [6.07, 6.45) is -4.60. The van der Waals surface area contributed by atoms with Crippen molar-refractivity contribution in [1.82, 2.24) is 20.4 Å². The fourth-order valence-corrected chi connectivity index (χ4v) is 3.68. The van der Waals surface area contributed by atoms with Gasteiger partial charge in [0.2, 0.25) is 0 Å². The number of carbonyl (C=O) groups is 2. The van der Waals surface area contributed by atoms with E-state index in [1.807, 2.05) is 11.8 Å². The lowest BCUT2D eigenvalue weighted by atomic mass is 10.1. The van der Waals surface area contributed by atoms with Crippen molar-refractivity contribution < 1.29 is 27.2 Å². The summed E-state index contributed by atoms with van der Waals surface area (Å²) in [6.45, 7) is 3.25. The van der Waals surface area contributed by atoms with Gasteiger partial charge in [0, 0.05) is 26.2 Å². The number of carbonyl (C=O) groups excluding carboxylic acids is 2. The van der Waals surface area contributed by atoms with Gasteiger partial charge >= 0.3 is 6.18 Å². The van der Waals surface area contributed by atoms with E-state index in [0.29, 0.717) is 24.7 Å². The summed E-state index contributed by atoms with van der Waals surface area (Å²) in [5, 5.41) is 10.8. The van der Waals surface area contributed by atoms with Crippen molar-refractivity contribution in [2.24, 2.45) is 0 Å². The van der Waals surface area contributed by atoms with E-state index in [-0.39, 0.29) is 30.9 Å². The molecule has 1 N–H and O–H groups in total. The van der Waals surface area contributed by atoms with E-state index in [2.05, 4.69) is 15.5 Å². The molecular formula is C23H22F3N5O3. The lowest BCUT2D eigenvalue weighted by Gasteiger charge is -2.35. The molecule has 34 heavy (non-hydrogen) atoms. The first kappa shape index (κ1) is 23.3. The molecule has 0 atom stereocenters. The molecule has 0 spiro atoms. The van der Waals surface area contributed by atoms with Gasteiger partial charge in [-0.05, 0) is 43.3 Å². The van der Waals surface area contributed by atoms with Gasteiger partial charge < -0.3 is 19.5 Å². The molecule has 178 valence electrons. The molecular weight excluding hydrogens is 451 g/mol. The summed E-state index contributed by atoms with van der Waals surface area (Å²) in [7, 11) is 0. The van der Waals surface area contributed by atoms with Crippen LogP contribution in [0.5, 0.6) is 0 Å². The first-order valence-electron chi connectivity index (χ1n) is 10.6. The third-order valence-electron chi connectivity index (χ3n) is 5.46. The van der Waals surface area contributed by atoms with Crippen molar-refractivity contribution in [3.8, 4) is 0 Å². The third kappa shape index (κ3) is 5.19. The van der Waals surface area contributed by atoms with Crippen LogP contribution in [0.2, 0.25) is 0 Å². The zero-order valence-corrected chi connectivity index (χ0v) is 18.3. The minimum Gasteiger partial charge on any atom is -0.465 e. The van der Waals surface area contributed by atoms with Gasteiger partial charge in [0.1, 0.15) is 11.5 Å². The molecule has 1 aromatic carbocycles. The van der Waals surface area contributed by atoms with E-state index in [0.717, 1.165) is 11.8 Å². The molecule has 2 amide bonds. The number of halogens is 3. The number of furan rings is 1. The quantitative estimate of drug-likeness (QED) is 0.612. The average molecular weight is 473 g/mol. The van der Waals surface area contributed by atoms with Crippen molar-refractivity contribution in [3.63, 3.8) is 0 Å². The SMILES string of the molecule is Cc1ccc(CNC(=O)c2ccc(N3CCN(C(=O)c4ccccc4C(F)(F)F)CC3)nn2)o1. The molecule has 0 aliphatic carbocycles. The van der Waals surface area contributed by atoms with Crippen molar-refractivity contribution in [2.75, 3.05) is 31.1 Å². The van der Waals surface area contributed by atoms with Gasteiger partial charge in [0.25, 0.3) is 11.8 Å². The number of nitrogens with one attached hydrogen (secondary N) is 1. The first-order valence-corrected chi connectivity index (χ1v) is 10.6. The van der Waals surface area contributed by atoms with Crippen LogP contribution in [0, 0.1) is 6.92 Å². The minimum atomic E-state index is -4.60. The number of aromatic nitrogens is 2. The molecule has 0 saturated carbocycles. The fourth-order valence-electron chi connectivity index (χ4n) is 3.68. The smallest absolute Gasteiger partial charge is 0.417 e. The number of alkyl halides is 3. The molecule has 2 aromatic heterocycles. The second-order valence-electron chi connectivity index (χ2n) is 7.79. The van der Waals surface area contributed by atoms with Crippen molar-refractivity contribution in [1.29, 1.82) is 0 Å². The van der Waals surface area contributed by atoms with Crippen LogP contribution in [0.3, 0.4) is 0 Å². The summed E-state index contributed by atoms with van der Waals surface area (Å²) in [5.41, 5.74) is -1.16. The second kappa shape index (κ2) is 9.54. The largest absolute Gasteiger partial charge is 0.465 e. The minimum absolute atomic E-state index is 0.143. The molecule has 0 radical (unpaired) electrons. The maximum absolute atomic E-state index is 13.3. The highest BCUT2D eigenvalue weighted by Crippen LogP contribution is 2.32. The standard InChI is InChI=1S/C23H22F3N5O3/c1-15-6-7-16(34-15)14-27-21(32)19-8-9-20(29-28-19)30-10-12-31(13-11-30)22(33)17-4-2-3-5-18(17)23(24,25)26/h2-9H,10-14H2,1H3,(H,27,32). The summed E-state index contributed by atoms with van der Waals surface area (Å²) < 4.78 is 45.2. The van der Waals surface area contributed by atoms with Crippen LogP contribution in [0.25, 0.3) is 0 Å². The molecule has 4 rings (SSSR count). The van der Waals surface area contributed by atoms with Crippen LogP contribution in [0.15, 0.2) is 52.9 Å². The highest BCUT2D eigenvalue weighted by Gasteiger charge is 2.36. The number of hydrogen-bond donors (Lipinski definition) is 1. The van der Waals surface area contributed by atoms with Gasteiger partial charge in [0.05, 0.1) is 17.7 Å². The molecule has 3 aromatic rings. The Kier molecular flexibility index (Phi) is 6.53. The van der Waals surface area contributed by atoms with Crippen LogP contribution >= 0.6 is 0 Å². The van der Waals surface area contributed by atoms with Gasteiger partial charge in [-0.1, -0.05) is 12.1 Å². The number of aryl methyl sites for hydroxylation is 1. The number of piperazine rings is 1. The van der Waals surface area contributed by atoms with E-state index in [9.17, 15) is 22.8 Å². The van der Waals surface area contributed by atoms with Gasteiger partial charge in [-0.2, -0.15) is 13.2 Å². The molecule has 1 aliphatic rings. The fraction of sp³-hybridized carbons (Fsp3) is 0.304. The summed E-state index contributed by atoms with van der Waals surface area (Å²) in [4.78, 5) is 28.3.